The fourth-order valence-corrected chi connectivity index (χ4v) is 2.48. The molecule has 0 spiro atoms. The maximum atomic E-state index is 10.8. The van der Waals surface area contributed by atoms with Crippen molar-refractivity contribution in [2.45, 2.75) is 6.61 Å². The maximum absolute atomic E-state index is 10.8. The van der Waals surface area contributed by atoms with Crippen LogP contribution in [0.3, 0.4) is 0 Å². The van der Waals surface area contributed by atoms with E-state index in [-0.39, 0.29) is 0 Å². The van der Waals surface area contributed by atoms with Gasteiger partial charge in [0.2, 0.25) is 0 Å². The second kappa shape index (κ2) is 5.97. The van der Waals surface area contributed by atoms with Crippen molar-refractivity contribution in [3.8, 4) is 11.5 Å². The summed E-state index contributed by atoms with van der Waals surface area (Å²) < 4.78 is 11.6. The van der Waals surface area contributed by atoms with E-state index in [1.165, 1.54) is 18.4 Å². The Hall–Kier alpha value is -1.40. The van der Waals surface area contributed by atoms with Gasteiger partial charge in [0.25, 0.3) is 0 Å². The molecule has 0 aliphatic rings. The van der Waals surface area contributed by atoms with Crippen molar-refractivity contribution in [3.05, 3.63) is 38.8 Å². The van der Waals surface area contributed by atoms with Crippen LogP contribution in [0.1, 0.15) is 15.2 Å². The van der Waals surface area contributed by atoms with Crippen LogP contribution >= 0.6 is 27.3 Å². The van der Waals surface area contributed by atoms with Crippen LogP contribution in [0, 0.1) is 0 Å². The molecule has 6 heteroatoms. The van der Waals surface area contributed by atoms with Gasteiger partial charge >= 0.3 is 0 Å². The molecule has 0 aliphatic heterocycles. The zero-order valence-electron chi connectivity index (χ0n) is 9.55. The third-order valence-electron chi connectivity index (χ3n) is 2.23. The summed E-state index contributed by atoms with van der Waals surface area (Å²) in [6, 6.07) is 3.33. The Morgan fingerprint density at radius 2 is 2.33 bits per heavy atom. The van der Waals surface area contributed by atoms with Gasteiger partial charge in [-0.3, -0.25) is 9.78 Å². The van der Waals surface area contributed by atoms with Crippen molar-refractivity contribution in [2.24, 2.45) is 0 Å². The van der Waals surface area contributed by atoms with E-state index >= 15 is 0 Å². The molecule has 1 aromatic heterocycles. The number of carbonyl (C=O) groups excluding carboxylic acids is 1. The lowest BCUT2D eigenvalue weighted by Crippen LogP contribution is -1.98. The summed E-state index contributed by atoms with van der Waals surface area (Å²) >= 11 is 4.89. The molecule has 1 heterocycles. The highest BCUT2D eigenvalue weighted by Gasteiger charge is 2.12. The lowest BCUT2D eigenvalue weighted by atomic mass is 10.2. The van der Waals surface area contributed by atoms with Crippen LogP contribution in [-0.2, 0) is 6.61 Å². The van der Waals surface area contributed by atoms with Gasteiger partial charge in [0.05, 0.1) is 22.0 Å². The van der Waals surface area contributed by atoms with Gasteiger partial charge < -0.3 is 9.47 Å². The topological polar surface area (TPSA) is 48.4 Å². The number of hydrogen-bond donors (Lipinski definition) is 0. The number of nitrogens with zero attached hydrogens (tertiary/aromatic N) is 1. The van der Waals surface area contributed by atoms with Crippen LogP contribution in [-0.4, -0.2) is 18.4 Å². The minimum Gasteiger partial charge on any atom is -0.493 e. The van der Waals surface area contributed by atoms with Crippen molar-refractivity contribution < 1.29 is 14.3 Å². The first-order valence-electron chi connectivity index (χ1n) is 5.07. The minimum absolute atomic E-state index is 0.417. The quantitative estimate of drug-likeness (QED) is 0.790. The molecule has 1 aromatic carbocycles. The second-order valence-corrected chi connectivity index (χ2v) is 5.23. The third kappa shape index (κ3) is 2.88. The molecule has 0 unspecified atom stereocenters. The molecule has 0 aliphatic carbocycles. The van der Waals surface area contributed by atoms with Crippen LogP contribution in [0.5, 0.6) is 11.5 Å². The Balaban J connectivity index is 2.23. The lowest BCUT2D eigenvalue weighted by Gasteiger charge is -2.12. The molecular formula is C12H10BrNO3S. The number of methoxy groups -OCH3 is 1. The van der Waals surface area contributed by atoms with E-state index in [0.29, 0.717) is 28.1 Å². The molecule has 0 fully saturated rings. The summed E-state index contributed by atoms with van der Waals surface area (Å²) in [6.45, 7) is 0.417. The second-order valence-electron chi connectivity index (χ2n) is 3.41. The molecule has 2 aromatic rings. The van der Waals surface area contributed by atoms with Gasteiger partial charge in [0.15, 0.2) is 11.5 Å². The summed E-state index contributed by atoms with van der Waals surface area (Å²) in [5.74, 6) is 1.10. The Morgan fingerprint density at radius 3 is 2.94 bits per heavy atom. The van der Waals surface area contributed by atoms with Crippen molar-refractivity contribution in [1.29, 1.82) is 0 Å². The first-order valence-corrected chi connectivity index (χ1v) is 6.74. The van der Waals surface area contributed by atoms with Gasteiger partial charge in [-0.15, -0.1) is 11.3 Å². The Labute approximate surface area is 117 Å². The van der Waals surface area contributed by atoms with Gasteiger partial charge in [-0.1, -0.05) is 0 Å². The molecule has 2 rings (SSSR count). The number of ether oxygens (including phenoxy) is 2. The monoisotopic (exact) mass is 327 g/mol. The molecule has 0 atom stereocenters. The summed E-state index contributed by atoms with van der Waals surface area (Å²) in [5, 5.41) is 0. The first kappa shape index (κ1) is 13.0. The molecule has 0 amide bonds. The van der Waals surface area contributed by atoms with E-state index in [1.807, 2.05) is 0 Å². The molecule has 0 radical (unpaired) electrons. The number of halogens is 1. The van der Waals surface area contributed by atoms with Crippen molar-refractivity contribution in [3.63, 3.8) is 0 Å². The van der Waals surface area contributed by atoms with Crippen molar-refractivity contribution in [2.75, 3.05) is 7.11 Å². The SMILES string of the molecule is COc1cc(C=O)cc(Br)c1OCc1cncs1. The predicted molar refractivity (Wildman–Crippen MR) is 72.5 cm³/mol. The fraction of sp³-hybridized carbons (Fsp3) is 0.167. The molecule has 94 valence electrons. The summed E-state index contributed by atoms with van der Waals surface area (Å²) in [5.41, 5.74) is 2.28. The number of benzene rings is 1. The molecule has 4 nitrogen and oxygen atoms in total. The number of aromatic nitrogens is 1. The maximum Gasteiger partial charge on any atom is 0.175 e. The van der Waals surface area contributed by atoms with Crippen LogP contribution in [0.4, 0.5) is 0 Å². The first-order chi connectivity index (χ1) is 8.74. The van der Waals surface area contributed by atoms with Gasteiger partial charge in [-0.2, -0.15) is 0 Å². The standard InChI is InChI=1S/C12H10BrNO3S/c1-16-11-3-8(5-15)2-10(13)12(11)17-6-9-4-14-7-18-9/h2-5,7H,6H2,1H3. The number of carbonyl (C=O) groups is 1. The molecule has 18 heavy (non-hydrogen) atoms. The Bertz CT molecular complexity index is 543. The average Bonchev–Trinajstić information content (AvgIpc) is 2.89. The van der Waals surface area contributed by atoms with E-state index in [9.17, 15) is 4.79 Å². The smallest absolute Gasteiger partial charge is 0.175 e. The lowest BCUT2D eigenvalue weighted by molar-refractivity contribution is 0.112. The molecule has 0 bridgehead atoms. The highest BCUT2D eigenvalue weighted by molar-refractivity contribution is 9.10. The minimum atomic E-state index is 0.417. The van der Waals surface area contributed by atoms with Gasteiger partial charge in [0.1, 0.15) is 12.9 Å². The zero-order chi connectivity index (χ0) is 13.0. The van der Waals surface area contributed by atoms with Crippen LogP contribution in [0.25, 0.3) is 0 Å². The van der Waals surface area contributed by atoms with Gasteiger partial charge in [0, 0.05) is 11.8 Å². The van der Waals surface area contributed by atoms with Crippen LogP contribution in [0.15, 0.2) is 28.3 Å². The largest absolute Gasteiger partial charge is 0.493 e. The summed E-state index contributed by atoms with van der Waals surface area (Å²) in [4.78, 5) is 15.8. The highest BCUT2D eigenvalue weighted by Crippen LogP contribution is 2.36. The third-order valence-corrected chi connectivity index (χ3v) is 3.57. The molecule has 0 saturated carbocycles. The number of hydrogen-bond acceptors (Lipinski definition) is 5. The summed E-state index contributed by atoms with van der Waals surface area (Å²) in [7, 11) is 1.54. The van der Waals surface area contributed by atoms with E-state index < -0.39 is 0 Å². The Morgan fingerprint density at radius 1 is 1.50 bits per heavy atom. The van der Waals surface area contributed by atoms with Gasteiger partial charge in [-0.25, -0.2) is 0 Å². The van der Waals surface area contributed by atoms with E-state index in [0.717, 1.165) is 11.2 Å². The fourth-order valence-electron chi connectivity index (χ4n) is 1.40. The normalized spacial score (nSPS) is 10.1. The summed E-state index contributed by atoms with van der Waals surface area (Å²) in [6.07, 6.45) is 2.52. The number of aldehydes is 1. The predicted octanol–water partition coefficient (Wildman–Crippen LogP) is 3.31. The number of thiazole rings is 1. The average molecular weight is 328 g/mol. The highest BCUT2D eigenvalue weighted by atomic mass is 79.9. The van der Waals surface area contributed by atoms with Crippen LogP contribution in [0.2, 0.25) is 0 Å². The van der Waals surface area contributed by atoms with E-state index in [1.54, 1.807) is 23.8 Å². The Kier molecular flexibility index (Phi) is 4.33. The zero-order valence-corrected chi connectivity index (χ0v) is 12.0. The van der Waals surface area contributed by atoms with Gasteiger partial charge in [-0.05, 0) is 28.1 Å². The number of rotatable bonds is 5. The van der Waals surface area contributed by atoms with Crippen molar-refractivity contribution in [1.82, 2.24) is 4.98 Å². The van der Waals surface area contributed by atoms with Crippen LogP contribution < -0.4 is 9.47 Å². The van der Waals surface area contributed by atoms with E-state index in [2.05, 4.69) is 20.9 Å². The molecular weight excluding hydrogens is 318 g/mol. The van der Waals surface area contributed by atoms with E-state index in [4.69, 9.17) is 9.47 Å². The molecule has 0 N–H and O–H groups in total. The molecule has 0 saturated heterocycles. The van der Waals surface area contributed by atoms with Crippen molar-refractivity contribution >= 4 is 33.6 Å².